The molecule has 3 rings (SSSR count). The molecule has 0 amide bonds. The van der Waals surface area contributed by atoms with Crippen LogP contribution in [-0.2, 0) is 9.53 Å². The Morgan fingerprint density at radius 1 is 1.19 bits per heavy atom. The Morgan fingerprint density at radius 3 is 2.59 bits per heavy atom. The average Bonchev–Trinajstić information content (AvgIpc) is 3.02. The van der Waals surface area contributed by atoms with Gasteiger partial charge < -0.3 is 14.2 Å². The number of non-ortho nitro benzene ring substituents is 1. The number of nitro benzene ring substituents is 1. The van der Waals surface area contributed by atoms with Gasteiger partial charge in [-0.2, -0.15) is 0 Å². The first kappa shape index (κ1) is 18.4. The van der Waals surface area contributed by atoms with Crippen molar-refractivity contribution >= 4 is 35.2 Å². The lowest BCUT2D eigenvalue weighted by Gasteiger charge is -2.07. The van der Waals surface area contributed by atoms with Gasteiger partial charge in [-0.25, -0.2) is 9.79 Å². The molecule has 0 aliphatic carbocycles. The summed E-state index contributed by atoms with van der Waals surface area (Å²) in [5.74, 6) is 0.396. The first-order valence-corrected chi connectivity index (χ1v) is 7.99. The summed E-state index contributed by atoms with van der Waals surface area (Å²) in [4.78, 5) is 26.5. The van der Waals surface area contributed by atoms with Gasteiger partial charge in [0.25, 0.3) is 5.69 Å². The van der Waals surface area contributed by atoms with Crippen molar-refractivity contribution in [3.63, 3.8) is 0 Å². The summed E-state index contributed by atoms with van der Waals surface area (Å²) in [6.45, 7) is 0. The second kappa shape index (κ2) is 7.46. The molecule has 2 aromatic carbocycles. The van der Waals surface area contributed by atoms with Gasteiger partial charge in [-0.15, -0.1) is 0 Å². The van der Waals surface area contributed by atoms with Crippen molar-refractivity contribution in [2.75, 3.05) is 14.2 Å². The van der Waals surface area contributed by atoms with Crippen LogP contribution >= 0.6 is 11.6 Å². The monoisotopic (exact) mass is 388 g/mol. The van der Waals surface area contributed by atoms with E-state index in [1.165, 1.54) is 38.5 Å². The van der Waals surface area contributed by atoms with Crippen LogP contribution in [0.4, 0.5) is 5.69 Å². The molecule has 27 heavy (non-hydrogen) atoms. The molecule has 1 heterocycles. The van der Waals surface area contributed by atoms with E-state index in [1.54, 1.807) is 18.2 Å². The first-order valence-electron chi connectivity index (χ1n) is 7.62. The molecule has 0 bridgehead atoms. The van der Waals surface area contributed by atoms with Crippen LogP contribution in [0.2, 0.25) is 5.02 Å². The fourth-order valence-electron chi connectivity index (χ4n) is 2.40. The van der Waals surface area contributed by atoms with Crippen molar-refractivity contribution in [2.45, 2.75) is 0 Å². The highest BCUT2D eigenvalue weighted by molar-refractivity contribution is 6.34. The standard InChI is InChI=1S/C18H13ClN2O6/c1-25-12-5-3-10(16(9-12)26-2)7-15-18(22)27-17(20-15)13-6-4-11(21(23)24)8-14(13)19/h3-9H,1-2H3/b15-7-. The molecule has 0 spiro atoms. The number of ether oxygens (including phenoxy) is 3. The van der Waals surface area contributed by atoms with E-state index in [0.29, 0.717) is 17.1 Å². The normalized spacial score (nSPS) is 14.7. The Bertz CT molecular complexity index is 999. The second-order valence-corrected chi connectivity index (χ2v) is 5.77. The van der Waals surface area contributed by atoms with Gasteiger partial charge in [-0.05, 0) is 24.3 Å². The Labute approximate surface area is 158 Å². The lowest BCUT2D eigenvalue weighted by Crippen LogP contribution is -2.06. The Kier molecular flexibility index (Phi) is 5.09. The zero-order valence-electron chi connectivity index (χ0n) is 14.3. The molecule has 1 aliphatic heterocycles. The number of nitro groups is 1. The van der Waals surface area contributed by atoms with Crippen molar-refractivity contribution in [2.24, 2.45) is 4.99 Å². The van der Waals surface area contributed by atoms with Crippen LogP contribution in [0.25, 0.3) is 6.08 Å². The molecule has 9 heteroatoms. The number of hydrogen-bond acceptors (Lipinski definition) is 7. The minimum atomic E-state index is -0.669. The van der Waals surface area contributed by atoms with Crippen LogP contribution in [0.3, 0.4) is 0 Å². The van der Waals surface area contributed by atoms with E-state index in [9.17, 15) is 14.9 Å². The minimum absolute atomic E-state index is 0.0290. The number of carbonyl (C=O) groups excluding carboxylic acids is 1. The molecule has 0 saturated carbocycles. The molecule has 8 nitrogen and oxygen atoms in total. The number of methoxy groups -OCH3 is 2. The Morgan fingerprint density at radius 2 is 1.96 bits per heavy atom. The molecule has 0 radical (unpaired) electrons. The van der Waals surface area contributed by atoms with Gasteiger partial charge in [0.1, 0.15) is 11.5 Å². The van der Waals surface area contributed by atoms with Crippen LogP contribution in [0.1, 0.15) is 11.1 Å². The third-order valence-electron chi connectivity index (χ3n) is 3.75. The number of carbonyl (C=O) groups is 1. The van der Waals surface area contributed by atoms with E-state index in [4.69, 9.17) is 25.8 Å². The fourth-order valence-corrected chi connectivity index (χ4v) is 2.66. The zero-order valence-corrected chi connectivity index (χ0v) is 15.0. The van der Waals surface area contributed by atoms with Gasteiger partial charge in [-0.1, -0.05) is 11.6 Å². The zero-order chi connectivity index (χ0) is 19.6. The molecule has 0 N–H and O–H groups in total. The van der Waals surface area contributed by atoms with Gasteiger partial charge in [-0.3, -0.25) is 10.1 Å². The summed E-state index contributed by atoms with van der Waals surface area (Å²) < 4.78 is 15.6. The summed E-state index contributed by atoms with van der Waals surface area (Å²) in [7, 11) is 3.03. The Hall–Kier alpha value is -3.39. The van der Waals surface area contributed by atoms with Crippen LogP contribution in [0.15, 0.2) is 47.1 Å². The molecule has 0 aromatic heterocycles. The topological polar surface area (TPSA) is 100 Å². The Balaban J connectivity index is 1.97. The van der Waals surface area contributed by atoms with E-state index in [-0.39, 0.29) is 27.9 Å². The van der Waals surface area contributed by atoms with Gasteiger partial charge in [0.15, 0.2) is 5.70 Å². The maximum absolute atomic E-state index is 12.1. The first-order chi connectivity index (χ1) is 12.9. The number of cyclic esters (lactones) is 1. The highest BCUT2D eigenvalue weighted by atomic mass is 35.5. The third kappa shape index (κ3) is 3.75. The van der Waals surface area contributed by atoms with Crippen LogP contribution in [-0.4, -0.2) is 31.0 Å². The van der Waals surface area contributed by atoms with E-state index in [0.717, 1.165) is 0 Å². The summed E-state index contributed by atoms with van der Waals surface area (Å²) in [5.41, 5.74) is 0.751. The quantitative estimate of drug-likeness (QED) is 0.335. The predicted molar refractivity (Wildman–Crippen MR) is 98.3 cm³/mol. The van der Waals surface area contributed by atoms with Gasteiger partial charge in [0, 0.05) is 23.8 Å². The van der Waals surface area contributed by atoms with Crippen molar-refractivity contribution < 1.29 is 23.9 Å². The third-order valence-corrected chi connectivity index (χ3v) is 4.06. The summed E-state index contributed by atoms with van der Waals surface area (Å²) in [5, 5.41) is 10.9. The van der Waals surface area contributed by atoms with Gasteiger partial charge >= 0.3 is 5.97 Å². The minimum Gasteiger partial charge on any atom is -0.497 e. The number of hydrogen-bond donors (Lipinski definition) is 0. The molecular formula is C18H13ClN2O6. The maximum atomic E-state index is 12.1. The lowest BCUT2D eigenvalue weighted by atomic mass is 10.1. The average molecular weight is 389 g/mol. The highest BCUT2D eigenvalue weighted by Crippen LogP contribution is 2.30. The molecule has 1 aliphatic rings. The lowest BCUT2D eigenvalue weighted by molar-refractivity contribution is -0.384. The largest absolute Gasteiger partial charge is 0.497 e. The fraction of sp³-hybridized carbons (Fsp3) is 0.111. The molecular weight excluding hydrogens is 376 g/mol. The predicted octanol–water partition coefficient (Wildman–Crippen LogP) is 3.61. The number of nitrogens with zero attached hydrogens (tertiary/aromatic N) is 2. The van der Waals surface area contributed by atoms with Crippen LogP contribution in [0.5, 0.6) is 11.5 Å². The van der Waals surface area contributed by atoms with Crippen molar-refractivity contribution in [3.05, 3.63) is 68.4 Å². The van der Waals surface area contributed by atoms with Crippen molar-refractivity contribution in [1.82, 2.24) is 0 Å². The van der Waals surface area contributed by atoms with Crippen LogP contribution in [0, 0.1) is 10.1 Å². The SMILES string of the molecule is COc1ccc(/C=C2\N=C(c3ccc([N+](=O)[O-])cc3Cl)OC2=O)c(OC)c1. The van der Waals surface area contributed by atoms with Crippen molar-refractivity contribution in [3.8, 4) is 11.5 Å². The molecule has 2 aromatic rings. The number of rotatable bonds is 5. The number of halogens is 1. The number of aliphatic imine (C=N–C) groups is 1. The molecule has 0 atom stereocenters. The van der Waals surface area contributed by atoms with E-state index in [1.807, 2.05) is 0 Å². The molecule has 138 valence electrons. The summed E-state index contributed by atoms with van der Waals surface area (Å²) in [6, 6.07) is 8.90. The highest BCUT2D eigenvalue weighted by Gasteiger charge is 2.27. The number of esters is 1. The van der Waals surface area contributed by atoms with Gasteiger partial charge in [0.05, 0.1) is 29.7 Å². The summed E-state index contributed by atoms with van der Waals surface area (Å²) in [6.07, 6.45) is 1.51. The smallest absolute Gasteiger partial charge is 0.363 e. The van der Waals surface area contributed by atoms with Gasteiger partial charge in [0.2, 0.25) is 5.90 Å². The van der Waals surface area contributed by atoms with Crippen LogP contribution < -0.4 is 9.47 Å². The maximum Gasteiger partial charge on any atom is 0.363 e. The van der Waals surface area contributed by atoms with E-state index in [2.05, 4.69) is 4.99 Å². The summed E-state index contributed by atoms with van der Waals surface area (Å²) >= 11 is 6.06. The van der Waals surface area contributed by atoms with Crippen molar-refractivity contribution in [1.29, 1.82) is 0 Å². The van der Waals surface area contributed by atoms with E-state index >= 15 is 0 Å². The molecule has 0 unspecified atom stereocenters. The molecule has 0 saturated heterocycles. The molecule has 0 fully saturated rings. The number of benzene rings is 2. The second-order valence-electron chi connectivity index (χ2n) is 5.37. The van der Waals surface area contributed by atoms with E-state index < -0.39 is 10.9 Å².